The average Bonchev–Trinajstić information content (AvgIpc) is 2.17. The van der Waals surface area contributed by atoms with Crippen molar-refractivity contribution in [2.24, 2.45) is 0 Å². The zero-order chi connectivity index (χ0) is 10.8. The maximum atomic E-state index is 13.4. The highest BCUT2D eigenvalue weighted by Crippen LogP contribution is 2.25. The Labute approximate surface area is 85.6 Å². The van der Waals surface area contributed by atoms with E-state index >= 15 is 0 Å². The Morgan fingerprint density at radius 2 is 1.73 bits per heavy atom. The summed E-state index contributed by atoms with van der Waals surface area (Å²) in [6.45, 7) is 0. The summed E-state index contributed by atoms with van der Waals surface area (Å²) in [6.07, 6.45) is 0. The molecule has 76 valence electrons. The van der Waals surface area contributed by atoms with Gasteiger partial charge in [0.15, 0.2) is 0 Å². The molecule has 0 radical (unpaired) electrons. The Morgan fingerprint density at radius 1 is 0.933 bits per heavy atom. The first-order chi connectivity index (χ1) is 7.16. The summed E-state index contributed by atoms with van der Waals surface area (Å²) in [5, 5.41) is 9.02. The summed E-state index contributed by atoms with van der Waals surface area (Å²) in [4.78, 5) is 0. The van der Waals surface area contributed by atoms with Crippen LogP contribution in [0.3, 0.4) is 0 Å². The SMILES string of the molecule is Oc1ccc(-c2cccc(F)c2)c(F)c1. The summed E-state index contributed by atoms with van der Waals surface area (Å²) in [7, 11) is 0. The van der Waals surface area contributed by atoms with Crippen molar-refractivity contribution in [3.8, 4) is 16.9 Å². The average molecular weight is 206 g/mol. The molecular formula is C12H8F2O. The standard InChI is InChI=1S/C12H8F2O/c13-9-3-1-2-8(6-9)11-5-4-10(15)7-12(11)14/h1-7,15H. The Kier molecular flexibility index (Phi) is 2.37. The van der Waals surface area contributed by atoms with Gasteiger partial charge in [0.1, 0.15) is 17.4 Å². The van der Waals surface area contributed by atoms with Crippen molar-refractivity contribution in [1.29, 1.82) is 0 Å². The van der Waals surface area contributed by atoms with Crippen molar-refractivity contribution < 1.29 is 13.9 Å². The van der Waals surface area contributed by atoms with Crippen LogP contribution < -0.4 is 0 Å². The molecule has 0 bridgehead atoms. The van der Waals surface area contributed by atoms with Crippen LogP contribution in [0.4, 0.5) is 8.78 Å². The molecule has 0 aliphatic heterocycles. The van der Waals surface area contributed by atoms with Crippen LogP contribution in [0.15, 0.2) is 42.5 Å². The van der Waals surface area contributed by atoms with Gasteiger partial charge in [0.2, 0.25) is 0 Å². The molecule has 3 heteroatoms. The van der Waals surface area contributed by atoms with Crippen molar-refractivity contribution >= 4 is 0 Å². The number of rotatable bonds is 1. The van der Waals surface area contributed by atoms with E-state index < -0.39 is 11.6 Å². The van der Waals surface area contributed by atoms with Gasteiger partial charge in [-0.3, -0.25) is 0 Å². The minimum Gasteiger partial charge on any atom is -0.508 e. The summed E-state index contributed by atoms with van der Waals surface area (Å²) in [5.74, 6) is -1.13. The molecule has 0 fully saturated rings. The Hall–Kier alpha value is -1.90. The number of hydrogen-bond donors (Lipinski definition) is 1. The van der Waals surface area contributed by atoms with Crippen LogP contribution in [0.5, 0.6) is 5.75 Å². The van der Waals surface area contributed by atoms with Gasteiger partial charge in [-0.2, -0.15) is 0 Å². The van der Waals surface area contributed by atoms with Crippen molar-refractivity contribution in [2.45, 2.75) is 0 Å². The first-order valence-corrected chi connectivity index (χ1v) is 4.41. The number of phenolic OH excluding ortho intramolecular Hbond substituents is 1. The smallest absolute Gasteiger partial charge is 0.134 e. The zero-order valence-electron chi connectivity index (χ0n) is 7.74. The second-order valence-electron chi connectivity index (χ2n) is 3.17. The number of aromatic hydroxyl groups is 1. The predicted molar refractivity (Wildman–Crippen MR) is 53.5 cm³/mol. The first kappa shape index (κ1) is 9.65. The van der Waals surface area contributed by atoms with Gasteiger partial charge in [0.05, 0.1) is 0 Å². The van der Waals surface area contributed by atoms with E-state index in [1.165, 1.54) is 30.3 Å². The van der Waals surface area contributed by atoms with Gasteiger partial charge in [0, 0.05) is 11.6 Å². The van der Waals surface area contributed by atoms with Crippen molar-refractivity contribution in [2.75, 3.05) is 0 Å². The maximum Gasteiger partial charge on any atom is 0.134 e. The van der Waals surface area contributed by atoms with Crippen molar-refractivity contribution in [3.05, 3.63) is 54.1 Å². The van der Waals surface area contributed by atoms with E-state index in [-0.39, 0.29) is 11.3 Å². The minimum absolute atomic E-state index is 0.146. The molecule has 1 nitrogen and oxygen atoms in total. The number of halogens is 2. The van der Waals surface area contributed by atoms with E-state index in [0.717, 1.165) is 6.07 Å². The normalized spacial score (nSPS) is 10.3. The van der Waals surface area contributed by atoms with E-state index in [4.69, 9.17) is 5.11 Å². The summed E-state index contributed by atoms with van der Waals surface area (Å²) in [5.41, 5.74) is 0.722. The maximum absolute atomic E-state index is 13.4. The third-order valence-electron chi connectivity index (χ3n) is 2.09. The van der Waals surface area contributed by atoms with Gasteiger partial charge >= 0.3 is 0 Å². The molecule has 0 saturated heterocycles. The number of benzene rings is 2. The number of hydrogen-bond acceptors (Lipinski definition) is 1. The highest BCUT2D eigenvalue weighted by molar-refractivity contribution is 5.64. The molecule has 0 atom stereocenters. The monoisotopic (exact) mass is 206 g/mol. The Balaban J connectivity index is 2.54. The molecule has 15 heavy (non-hydrogen) atoms. The van der Waals surface area contributed by atoms with Crippen LogP contribution >= 0.6 is 0 Å². The molecule has 1 N–H and O–H groups in total. The topological polar surface area (TPSA) is 20.2 Å². The predicted octanol–water partition coefficient (Wildman–Crippen LogP) is 3.34. The lowest BCUT2D eigenvalue weighted by Gasteiger charge is -2.03. The third-order valence-corrected chi connectivity index (χ3v) is 2.09. The first-order valence-electron chi connectivity index (χ1n) is 4.41. The van der Waals surface area contributed by atoms with Gasteiger partial charge < -0.3 is 5.11 Å². The van der Waals surface area contributed by atoms with Gasteiger partial charge in [-0.05, 0) is 29.8 Å². The van der Waals surface area contributed by atoms with E-state index in [1.54, 1.807) is 6.07 Å². The van der Waals surface area contributed by atoms with Crippen molar-refractivity contribution in [1.82, 2.24) is 0 Å². The summed E-state index contributed by atoms with van der Waals surface area (Å²) >= 11 is 0. The molecule has 2 rings (SSSR count). The molecule has 0 aliphatic rings. The largest absolute Gasteiger partial charge is 0.508 e. The van der Waals surface area contributed by atoms with Crippen LogP contribution in [-0.4, -0.2) is 5.11 Å². The lowest BCUT2D eigenvalue weighted by molar-refractivity contribution is 0.469. The van der Waals surface area contributed by atoms with Gasteiger partial charge in [-0.25, -0.2) is 8.78 Å². The molecule has 0 amide bonds. The Bertz CT molecular complexity index is 495. The highest BCUT2D eigenvalue weighted by Gasteiger charge is 2.06. The molecule has 0 unspecified atom stereocenters. The molecule has 0 saturated carbocycles. The van der Waals surface area contributed by atoms with E-state index in [0.29, 0.717) is 5.56 Å². The summed E-state index contributed by atoms with van der Waals surface area (Å²) in [6, 6.07) is 9.44. The van der Waals surface area contributed by atoms with Gasteiger partial charge in [0.25, 0.3) is 0 Å². The van der Waals surface area contributed by atoms with Crippen LogP contribution in [0.2, 0.25) is 0 Å². The molecule has 0 aliphatic carbocycles. The second-order valence-corrected chi connectivity index (χ2v) is 3.17. The second kappa shape index (κ2) is 3.69. The fourth-order valence-corrected chi connectivity index (χ4v) is 1.39. The molecular weight excluding hydrogens is 198 g/mol. The lowest BCUT2D eigenvalue weighted by Crippen LogP contribution is -1.84. The van der Waals surface area contributed by atoms with Crippen LogP contribution in [0.1, 0.15) is 0 Å². The molecule has 0 heterocycles. The van der Waals surface area contributed by atoms with Gasteiger partial charge in [-0.1, -0.05) is 12.1 Å². The van der Waals surface area contributed by atoms with E-state index in [2.05, 4.69) is 0 Å². The van der Waals surface area contributed by atoms with E-state index in [9.17, 15) is 8.78 Å². The van der Waals surface area contributed by atoms with Crippen LogP contribution in [-0.2, 0) is 0 Å². The quantitative estimate of drug-likeness (QED) is 0.758. The molecule has 0 spiro atoms. The molecule has 2 aromatic carbocycles. The van der Waals surface area contributed by atoms with Crippen LogP contribution in [0, 0.1) is 11.6 Å². The highest BCUT2D eigenvalue weighted by atomic mass is 19.1. The molecule has 0 aromatic heterocycles. The fraction of sp³-hybridized carbons (Fsp3) is 0. The Morgan fingerprint density at radius 3 is 2.40 bits per heavy atom. The molecule has 2 aromatic rings. The lowest BCUT2D eigenvalue weighted by atomic mass is 10.1. The van der Waals surface area contributed by atoms with E-state index in [1.807, 2.05) is 0 Å². The zero-order valence-corrected chi connectivity index (χ0v) is 7.74. The minimum atomic E-state index is -0.569. The fourth-order valence-electron chi connectivity index (χ4n) is 1.39. The van der Waals surface area contributed by atoms with Crippen molar-refractivity contribution in [3.63, 3.8) is 0 Å². The van der Waals surface area contributed by atoms with Crippen LogP contribution in [0.25, 0.3) is 11.1 Å². The van der Waals surface area contributed by atoms with Gasteiger partial charge in [-0.15, -0.1) is 0 Å². The summed E-state index contributed by atoms with van der Waals surface area (Å²) < 4.78 is 26.3. The number of phenols is 1. The third kappa shape index (κ3) is 1.96.